The van der Waals surface area contributed by atoms with E-state index in [0.717, 1.165) is 44.6 Å². The molecule has 2 atom stereocenters. The van der Waals surface area contributed by atoms with Crippen molar-refractivity contribution in [1.82, 2.24) is 4.90 Å². The van der Waals surface area contributed by atoms with Crippen LogP contribution in [0.15, 0.2) is 18.2 Å². The van der Waals surface area contributed by atoms with Crippen molar-refractivity contribution < 1.29 is 9.84 Å². The van der Waals surface area contributed by atoms with Gasteiger partial charge in [0.25, 0.3) is 0 Å². The van der Waals surface area contributed by atoms with Gasteiger partial charge in [-0.05, 0) is 55.8 Å². The van der Waals surface area contributed by atoms with Gasteiger partial charge in [-0.1, -0.05) is 12.1 Å². The zero-order valence-electron chi connectivity index (χ0n) is 12.0. The monoisotopic (exact) mass is 273 g/mol. The second kappa shape index (κ2) is 4.74. The minimum atomic E-state index is -0.452. The summed E-state index contributed by atoms with van der Waals surface area (Å²) in [6, 6.07) is 6.94. The van der Waals surface area contributed by atoms with Crippen molar-refractivity contribution in [2.24, 2.45) is 0 Å². The summed E-state index contributed by atoms with van der Waals surface area (Å²) in [5.41, 5.74) is 2.23. The Labute approximate surface area is 120 Å². The Kier molecular flexibility index (Phi) is 3.00. The number of rotatable bonds is 3. The van der Waals surface area contributed by atoms with E-state index in [1.807, 2.05) is 0 Å². The number of benzene rings is 1. The number of ether oxygens (including phenoxy) is 1. The van der Waals surface area contributed by atoms with E-state index in [1.54, 1.807) is 0 Å². The SMILES string of the molecule is OC1(CCc2ccc3c(c2)CCO3)CCN2CCCC21. The van der Waals surface area contributed by atoms with Crippen molar-refractivity contribution in [1.29, 1.82) is 0 Å². The molecule has 0 radical (unpaired) electrons. The zero-order valence-corrected chi connectivity index (χ0v) is 12.0. The van der Waals surface area contributed by atoms with Gasteiger partial charge in [0.2, 0.25) is 0 Å². The molecular weight excluding hydrogens is 250 g/mol. The molecule has 0 spiro atoms. The summed E-state index contributed by atoms with van der Waals surface area (Å²) in [5.74, 6) is 1.05. The van der Waals surface area contributed by atoms with Crippen molar-refractivity contribution in [3.05, 3.63) is 29.3 Å². The molecule has 0 amide bonds. The Morgan fingerprint density at radius 3 is 3.25 bits per heavy atom. The van der Waals surface area contributed by atoms with Gasteiger partial charge in [0.05, 0.1) is 12.2 Å². The van der Waals surface area contributed by atoms with Gasteiger partial charge in [-0.2, -0.15) is 0 Å². The molecule has 4 rings (SSSR count). The standard InChI is InChI=1S/C17H23NO2/c19-17(8-10-18-9-1-2-16(17)18)7-5-13-3-4-15-14(12-13)6-11-20-15/h3-4,12,16,19H,1-2,5-11H2. The quantitative estimate of drug-likeness (QED) is 0.916. The van der Waals surface area contributed by atoms with Crippen LogP contribution in [0.25, 0.3) is 0 Å². The topological polar surface area (TPSA) is 32.7 Å². The molecule has 3 aliphatic rings. The first-order chi connectivity index (χ1) is 9.74. The molecule has 3 heteroatoms. The van der Waals surface area contributed by atoms with Crippen LogP contribution in [0.3, 0.4) is 0 Å². The summed E-state index contributed by atoms with van der Waals surface area (Å²) >= 11 is 0. The molecule has 0 aliphatic carbocycles. The van der Waals surface area contributed by atoms with Crippen LogP contribution in [0.5, 0.6) is 5.75 Å². The normalized spacial score (nSPS) is 32.1. The third-order valence-corrected chi connectivity index (χ3v) is 5.42. The number of hydrogen-bond acceptors (Lipinski definition) is 3. The molecule has 1 aromatic carbocycles. The molecule has 3 nitrogen and oxygen atoms in total. The lowest BCUT2D eigenvalue weighted by Crippen LogP contribution is -2.41. The highest BCUT2D eigenvalue weighted by molar-refractivity contribution is 5.39. The Morgan fingerprint density at radius 2 is 2.30 bits per heavy atom. The summed E-state index contributed by atoms with van der Waals surface area (Å²) in [6.07, 6.45) is 6.29. The van der Waals surface area contributed by atoms with Crippen molar-refractivity contribution >= 4 is 0 Å². The van der Waals surface area contributed by atoms with Gasteiger partial charge in [0, 0.05) is 19.0 Å². The molecule has 108 valence electrons. The van der Waals surface area contributed by atoms with Crippen LogP contribution < -0.4 is 4.74 Å². The molecule has 1 N–H and O–H groups in total. The Hall–Kier alpha value is -1.06. The first kappa shape index (κ1) is 12.7. The first-order valence-electron chi connectivity index (χ1n) is 7.96. The minimum absolute atomic E-state index is 0.417. The maximum absolute atomic E-state index is 10.9. The highest BCUT2D eigenvalue weighted by atomic mass is 16.5. The zero-order chi connectivity index (χ0) is 13.6. The van der Waals surface area contributed by atoms with Crippen LogP contribution in [0.1, 0.15) is 36.8 Å². The number of nitrogens with zero attached hydrogens (tertiary/aromatic N) is 1. The van der Waals surface area contributed by atoms with Crippen molar-refractivity contribution in [3.8, 4) is 5.75 Å². The fourth-order valence-electron chi connectivity index (χ4n) is 4.25. The van der Waals surface area contributed by atoms with Crippen molar-refractivity contribution in [2.45, 2.75) is 50.2 Å². The van der Waals surface area contributed by atoms with E-state index in [0.29, 0.717) is 6.04 Å². The van der Waals surface area contributed by atoms with Gasteiger partial charge in [0.15, 0.2) is 0 Å². The lowest BCUT2D eigenvalue weighted by atomic mass is 9.86. The van der Waals surface area contributed by atoms with Crippen LogP contribution in [0.2, 0.25) is 0 Å². The summed E-state index contributed by atoms with van der Waals surface area (Å²) in [4.78, 5) is 2.48. The van der Waals surface area contributed by atoms with Gasteiger partial charge < -0.3 is 9.84 Å². The van der Waals surface area contributed by atoms with E-state index in [2.05, 4.69) is 23.1 Å². The predicted molar refractivity (Wildman–Crippen MR) is 78.1 cm³/mol. The fourth-order valence-corrected chi connectivity index (χ4v) is 4.25. The van der Waals surface area contributed by atoms with Gasteiger partial charge in [0.1, 0.15) is 5.75 Å². The van der Waals surface area contributed by atoms with Gasteiger partial charge in [-0.15, -0.1) is 0 Å². The molecule has 0 saturated carbocycles. The lowest BCUT2D eigenvalue weighted by Gasteiger charge is -2.30. The molecule has 3 heterocycles. The lowest BCUT2D eigenvalue weighted by molar-refractivity contribution is 0.00612. The van der Waals surface area contributed by atoms with E-state index in [-0.39, 0.29) is 0 Å². The van der Waals surface area contributed by atoms with Gasteiger partial charge in [-0.3, -0.25) is 4.90 Å². The molecule has 3 aliphatic heterocycles. The minimum Gasteiger partial charge on any atom is -0.493 e. The number of hydrogen-bond donors (Lipinski definition) is 1. The molecule has 2 fully saturated rings. The third-order valence-electron chi connectivity index (χ3n) is 5.42. The molecule has 2 saturated heterocycles. The van der Waals surface area contributed by atoms with Crippen LogP contribution in [-0.4, -0.2) is 41.3 Å². The van der Waals surface area contributed by atoms with E-state index in [9.17, 15) is 5.11 Å². The van der Waals surface area contributed by atoms with Crippen LogP contribution in [-0.2, 0) is 12.8 Å². The second-order valence-electron chi connectivity index (χ2n) is 6.59. The third kappa shape index (κ3) is 2.04. The van der Waals surface area contributed by atoms with E-state index >= 15 is 0 Å². The predicted octanol–water partition coefficient (Wildman–Crippen LogP) is 2.15. The van der Waals surface area contributed by atoms with E-state index < -0.39 is 5.60 Å². The van der Waals surface area contributed by atoms with E-state index in [4.69, 9.17) is 4.74 Å². The molecule has 0 aromatic heterocycles. The van der Waals surface area contributed by atoms with Crippen LogP contribution >= 0.6 is 0 Å². The Balaban J connectivity index is 1.45. The summed E-state index contributed by atoms with van der Waals surface area (Å²) in [5, 5.41) is 10.9. The maximum atomic E-state index is 10.9. The molecule has 20 heavy (non-hydrogen) atoms. The average Bonchev–Trinajstić information content (AvgIpc) is 3.14. The first-order valence-corrected chi connectivity index (χ1v) is 7.96. The highest BCUT2D eigenvalue weighted by Crippen LogP contribution is 2.39. The number of fused-ring (bicyclic) bond motifs is 2. The van der Waals surface area contributed by atoms with Crippen molar-refractivity contribution in [2.75, 3.05) is 19.7 Å². The van der Waals surface area contributed by atoms with Gasteiger partial charge >= 0.3 is 0 Å². The molecular formula is C17H23NO2. The summed E-state index contributed by atoms with van der Waals surface area (Å²) in [7, 11) is 0. The Morgan fingerprint density at radius 1 is 1.35 bits per heavy atom. The highest BCUT2D eigenvalue weighted by Gasteiger charge is 2.47. The van der Waals surface area contributed by atoms with Crippen LogP contribution in [0.4, 0.5) is 0 Å². The summed E-state index contributed by atoms with van der Waals surface area (Å²) in [6.45, 7) is 3.09. The Bertz CT molecular complexity index is 516. The fraction of sp³-hybridized carbons (Fsp3) is 0.647. The molecule has 1 aromatic rings. The average molecular weight is 273 g/mol. The maximum Gasteiger partial charge on any atom is 0.122 e. The van der Waals surface area contributed by atoms with Crippen molar-refractivity contribution in [3.63, 3.8) is 0 Å². The number of aliphatic hydroxyl groups is 1. The molecule has 2 unspecified atom stereocenters. The number of aryl methyl sites for hydroxylation is 1. The largest absolute Gasteiger partial charge is 0.493 e. The second-order valence-corrected chi connectivity index (χ2v) is 6.59. The van der Waals surface area contributed by atoms with Gasteiger partial charge in [-0.25, -0.2) is 0 Å². The van der Waals surface area contributed by atoms with Crippen LogP contribution in [0, 0.1) is 0 Å². The van der Waals surface area contributed by atoms with E-state index in [1.165, 1.54) is 30.5 Å². The summed E-state index contributed by atoms with van der Waals surface area (Å²) < 4.78 is 5.55. The smallest absolute Gasteiger partial charge is 0.122 e. The molecule has 0 bridgehead atoms.